The fraction of sp³-hybridized carbons (Fsp3) is 0.500. The summed E-state index contributed by atoms with van der Waals surface area (Å²) >= 11 is 3.44. The van der Waals surface area contributed by atoms with Crippen LogP contribution >= 0.6 is 15.9 Å². The van der Waals surface area contributed by atoms with Crippen LogP contribution in [0.2, 0.25) is 0 Å². The molecule has 7 heteroatoms. The van der Waals surface area contributed by atoms with Gasteiger partial charge in [0.2, 0.25) is 0 Å². The Hall–Kier alpha value is -1.60. The number of hydrogen-bond donors (Lipinski definition) is 2. The molecular formula is C16H23BrN2O4. The quantitative estimate of drug-likeness (QED) is 0.673. The molecule has 1 aromatic rings. The number of halogens is 1. The zero-order valence-electron chi connectivity index (χ0n) is 13.6. The monoisotopic (exact) mass is 386 g/mol. The van der Waals surface area contributed by atoms with Crippen molar-refractivity contribution in [3.05, 3.63) is 28.2 Å². The van der Waals surface area contributed by atoms with Gasteiger partial charge in [-0.2, -0.15) is 0 Å². The third-order valence-electron chi connectivity index (χ3n) is 3.27. The molecule has 2 N–H and O–H groups in total. The lowest BCUT2D eigenvalue weighted by atomic mass is 9.99. The summed E-state index contributed by atoms with van der Waals surface area (Å²) in [4.78, 5) is 22.9. The first-order chi connectivity index (χ1) is 11.0. The number of nitrogens with one attached hydrogen (secondary N) is 2. The van der Waals surface area contributed by atoms with Crippen LogP contribution in [0.3, 0.4) is 0 Å². The molecule has 0 saturated heterocycles. The zero-order chi connectivity index (χ0) is 17.2. The molecule has 0 fully saturated rings. The van der Waals surface area contributed by atoms with Crippen molar-refractivity contribution >= 4 is 27.7 Å². The molecule has 2 amide bonds. The highest BCUT2D eigenvalue weighted by atomic mass is 79.9. The number of hydrogen-bond acceptors (Lipinski definition) is 4. The number of benzene rings is 1. The summed E-state index contributed by atoms with van der Waals surface area (Å²) in [5.74, 6) is 0.170. The van der Waals surface area contributed by atoms with Crippen molar-refractivity contribution in [2.75, 3.05) is 19.8 Å². The first-order valence-electron chi connectivity index (χ1n) is 7.55. The van der Waals surface area contributed by atoms with Crippen molar-refractivity contribution in [1.82, 2.24) is 10.9 Å². The van der Waals surface area contributed by atoms with Gasteiger partial charge in [-0.3, -0.25) is 20.4 Å². The molecule has 1 aromatic carbocycles. The van der Waals surface area contributed by atoms with E-state index in [0.29, 0.717) is 18.3 Å². The van der Waals surface area contributed by atoms with Crippen LogP contribution in [0.4, 0.5) is 0 Å². The van der Waals surface area contributed by atoms with Gasteiger partial charge < -0.3 is 9.47 Å². The number of amides is 2. The van der Waals surface area contributed by atoms with Crippen molar-refractivity contribution in [2.24, 2.45) is 0 Å². The fourth-order valence-electron chi connectivity index (χ4n) is 1.73. The summed E-state index contributed by atoms with van der Waals surface area (Å²) in [5, 5.41) is 0. The molecule has 0 heterocycles. The first-order valence-corrected chi connectivity index (χ1v) is 8.34. The normalized spacial score (nSPS) is 11.7. The van der Waals surface area contributed by atoms with E-state index in [2.05, 4.69) is 40.6 Å². The predicted octanol–water partition coefficient (Wildman–Crippen LogP) is 2.53. The van der Waals surface area contributed by atoms with Gasteiger partial charge >= 0.3 is 0 Å². The summed E-state index contributed by atoms with van der Waals surface area (Å²) in [6.45, 7) is 6.21. The van der Waals surface area contributed by atoms with Crippen LogP contribution in [0.25, 0.3) is 0 Å². The van der Waals surface area contributed by atoms with E-state index >= 15 is 0 Å². The van der Waals surface area contributed by atoms with Gasteiger partial charge in [0.05, 0.1) is 4.47 Å². The molecule has 1 atom stereocenters. The van der Waals surface area contributed by atoms with Crippen LogP contribution < -0.4 is 15.6 Å². The first kappa shape index (κ1) is 19.4. The minimum absolute atomic E-state index is 0.0970. The molecule has 0 aromatic heterocycles. The van der Waals surface area contributed by atoms with Crippen LogP contribution in [-0.2, 0) is 14.3 Å². The van der Waals surface area contributed by atoms with Gasteiger partial charge in [0.15, 0.2) is 6.61 Å². The summed E-state index contributed by atoms with van der Waals surface area (Å²) in [7, 11) is 0. The Balaban J connectivity index is 2.42. The summed E-state index contributed by atoms with van der Waals surface area (Å²) in [5.41, 5.74) is 5.71. The molecule has 0 spiro atoms. The Kier molecular flexibility index (Phi) is 8.65. The number of rotatable bonds is 8. The van der Waals surface area contributed by atoms with Crippen LogP contribution in [0, 0.1) is 0 Å². The van der Waals surface area contributed by atoms with Gasteiger partial charge in [-0.1, -0.05) is 19.9 Å². The average molecular weight is 387 g/mol. The van der Waals surface area contributed by atoms with Crippen LogP contribution in [-0.4, -0.2) is 31.6 Å². The van der Waals surface area contributed by atoms with Crippen molar-refractivity contribution in [2.45, 2.75) is 33.1 Å². The Morgan fingerprint density at radius 2 is 1.83 bits per heavy atom. The highest BCUT2D eigenvalue weighted by molar-refractivity contribution is 9.10. The van der Waals surface area contributed by atoms with Gasteiger partial charge in [0.25, 0.3) is 11.8 Å². The second-order valence-electron chi connectivity index (χ2n) is 5.02. The second-order valence-corrected chi connectivity index (χ2v) is 5.88. The van der Waals surface area contributed by atoms with E-state index in [9.17, 15) is 9.59 Å². The van der Waals surface area contributed by atoms with Gasteiger partial charge in [0.1, 0.15) is 12.4 Å². The molecule has 1 rings (SSSR count). The number of hydrazine groups is 1. The van der Waals surface area contributed by atoms with Gasteiger partial charge in [-0.05, 0) is 52.9 Å². The van der Waals surface area contributed by atoms with E-state index < -0.39 is 11.8 Å². The minimum atomic E-state index is -0.451. The molecular weight excluding hydrogens is 364 g/mol. The van der Waals surface area contributed by atoms with E-state index in [-0.39, 0.29) is 13.2 Å². The number of ether oxygens (including phenoxy) is 2. The minimum Gasteiger partial charge on any atom is -0.483 e. The predicted molar refractivity (Wildman–Crippen MR) is 91.1 cm³/mol. The average Bonchev–Trinajstić information content (AvgIpc) is 2.56. The molecule has 0 aliphatic carbocycles. The van der Waals surface area contributed by atoms with Crippen LogP contribution in [0.1, 0.15) is 38.7 Å². The summed E-state index contributed by atoms with van der Waals surface area (Å²) in [6, 6.07) is 5.80. The third-order valence-corrected chi connectivity index (χ3v) is 3.89. The highest BCUT2D eigenvalue weighted by Gasteiger charge is 2.10. The van der Waals surface area contributed by atoms with Crippen molar-refractivity contribution in [3.63, 3.8) is 0 Å². The maximum absolute atomic E-state index is 11.6. The van der Waals surface area contributed by atoms with Gasteiger partial charge in [-0.25, -0.2) is 0 Å². The Morgan fingerprint density at radius 1 is 1.17 bits per heavy atom. The van der Waals surface area contributed by atoms with Gasteiger partial charge in [0, 0.05) is 6.61 Å². The molecule has 23 heavy (non-hydrogen) atoms. The summed E-state index contributed by atoms with van der Waals surface area (Å²) < 4.78 is 11.1. The lowest BCUT2D eigenvalue weighted by Gasteiger charge is -2.13. The fourth-order valence-corrected chi connectivity index (χ4v) is 2.24. The Labute approximate surface area is 145 Å². The molecule has 128 valence electrons. The largest absolute Gasteiger partial charge is 0.483 e. The van der Waals surface area contributed by atoms with E-state index in [1.165, 1.54) is 5.56 Å². The van der Waals surface area contributed by atoms with Crippen molar-refractivity contribution in [1.29, 1.82) is 0 Å². The molecule has 6 nitrogen and oxygen atoms in total. The SMILES string of the molecule is CCOCC(=O)NNC(=O)COc1ccc(C(C)CC)cc1Br. The number of carbonyl (C=O) groups is 2. The maximum atomic E-state index is 11.6. The van der Waals surface area contributed by atoms with Gasteiger partial charge in [-0.15, -0.1) is 0 Å². The number of carbonyl (C=O) groups excluding carboxylic acids is 2. The Bertz CT molecular complexity index is 537. The van der Waals surface area contributed by atoms with E-state index in [0.717, 1.165) is 10.9 Å². The topological polar surface area (TPSA) is 76.7 Å². The van der Waals surface area contributed by atoms with E-state index in [1.807, 2.05) is 18.2 Å². The molecule has 0 bridgehead atoms. The molecule has 1 unspecified atom stereocenters. The second kappa shape index (κ2) is 10.2. The molecule has 0 aliphatic heterocycles. The van der Waals surface area contributed by atoms with Crippen LogP contribution in [0.5, 0.6) is 5.75 Å². The van der Waals surface area contributed by atoms with Crippen molar-refractivity contribution < 1.29 is 19.1 Å². The third kappa shape index (κ3) is 7.00. The Morgan fingerprint density at radius 3 is 2.39 bits per heavy atom. The lowest BCUT2D eigenvalue weighted by molar-refractivity contribution is -0.132. The van der Waals surface area contributed by atoms with Crippen LogP contribution in [0.15, 0.2) is 22.7 Å². The molecule has 0 aliphatic rings. The smallest absolute Gasteiger partial charge is 0.276 e. The maximum Gasteiger partial charge on any atom is 0.276 e. The molecule has 0 radical (unpaired) electrons. The zero-order valence-corrected chi connectivity index (χ0v) is 15.2. The van der Waals surface area contributed by atoms with E-state index in [4.69, 9.17) is 9.47 Å². The molecule has 0 saturated carbocycles. The lowest BCUT2D eigenvalue weighted by Crippen LogP contribution is -2.45. The summed E-state index contributed by atoms with van der Waals surface area (Å²) in [6.07, 6.45) is 1.05. The van der Waals surface area contributed by atoms with Crippen molar-refractivity contribution in [3.8, 4) is 5.75 Å². The highest BCUT2D eigenvalue weighted by Crippen LogP contribution is 2.29. The standard InChI is InChI=1S/C16H23BrN2O4/c1-4-11(3)12-6-7-14(13(17)8-12)23-10-16(21)19-18-15(20)9-22-5-2/h6-8,11H,4-5,9-10H2,1-3H3,(H,18,20)(H,19,21). The van der Waals surface area contributed by atoms with E-state index in [1.54, 1.807) is 6.92 Å².